The van der Waals surface area contributed by atoms with Gasteiger partial charge in [-0.2, -0.15) is 0 Å². The summed E-state index contributed by atoms with van der Waals surface area (Å²) in [5.41, 5.74) is 3.29. The van der Waals surface area contributed by atoms with Gasteiger partial charge in [0.2, 0.25) is 5.91 Å². The van der Waals surface area contributed by atoms with Gasteiger partial charge in [-0.05, 0) is 49.9 Å². The molecule has 0 fully saturated rings. The molecular formula is C20H23N3OS2. The third kappa shape index (κ3) is 4.07. The zero-order chi connectivity index (χ0) is 18.8. The highest BCUT2D eigenvalue weighted by molar-refractivity contribution is 8.00. The lowest BCUT2D eigenvalue weighted by Crippen LogP contribution is -2.14. The Bertz CT molecular complexity index is 946. The van der Waals surface area contributed by atoms with Gasteiger partial charge < -0.3 is 5.32 Å². The third-order valence-corrected chi connectivity index (χ3v) is 6.38. The molecule has 0 aliphatic rings. The van der Waals surface area contributed by atoms with Gasteiger partial charge in [-0.15, -0.1) is 11.3 Å². The van der Waals surface area contributed by atoms with Gasteiger partial charge >= 0.3 is 0 Å². The van der Waals surface area contributed by atoms with E-state index in [-0.39, 0.29) is 5.91 Å². The molecule has 26 heavy (non-hydrogen) atoms. The zero-order valence-corrected chi connectivity index (χ0v) is 17.3. The van der Waals surface area contributed by atoms with Crippen molar-refractivity contribution in [3.05, 3.63) is 46.1 Å². The van der Waals surface area contributed by atoms with Crippen LogP contribution < -0.4 is 5.32 Å². The number of nitrogens with zero attached hydrogens (tertiary/aromatic N) is 2. The lowest BCUT2D eigenvalue weighted by molar-refractivity contribution is -0.113. The highest BCUT2D eigenvalue weighted by Crippen LogP contribution is 2.35. The number of rotatable bonds is 5. The second kappa shape index (κ2) is 7.76. The van der Waals surface area contributed by atoms with E-state index in [0.29, 0.717) is 11.7 Å². The molecule has 3 rings (SSSR count). The van der Waals surface area contributed by atoms with Crippen molar-refractivity contribution in [2.75, 3.05) is 11.1 Å². The lowest BCUT2D eigenvalue weighted by Gasteiger charge is -2.09. The second-order valence-electron chi connectivity index (χ2n) is 6.65. The summed E-state index contributed by atoms with van der Waals surface area (Å²) in [6.07, 6.45) is 0. The lowest BCUT2D eigenvalue weighted by atomic mass is 10.0. The Labute approximate surface area is 162 Å². The van der Waals surface area contributed by atoms with Crippen LogP contribution in [0, 0.1) is 20.8 Å². The molecule has 0 aliphatic carbocycles. The van der Waals surface area contributed by atoms with Gasteiger partial charge in [0.05, 0.1) is 5.75 Å². The van der Waals surface area contributed by atoms with E-state index in [1.165, 1.54) is 27.8 Å². The summed E-state index contributed by atoms with van der Waals surface area (Å²) in [5, 5.41) is 4.93. The molecular weight excluding hydrogens is 362 g/mol. The molecule has 1 aromatic carbocycles. The van der Waals surface area contributed by atoms with E-state index < -0.39 is 0 Å². The Morgan fingerprint density at radius 2 is 1.85 bits per heavy atom. The number of hydrogen-bond donors (Lipinski definition) is 1. The van der Waals surface area contributed by atoms with Crippen molar-refractivity contribution in [1.82, 2.24) is 9.97 Å². The Kier molecular flexibility index (Phi) is 5.63. The number of carbonyl (C=O) groups is 1. The molecule has 0 spiro atoms. The first-order valence-corrected chi connectivity index (χ1v) is 10.4. The first-order valence-electron chi connectivity index (χ1n) is 8.62. The van der Waals surface area contributed by atoms with Gasteiger partial charge in [0, 0.05) is 16.0 Å². The summed E-state index contributed by atoms with van der Waals surface area (Å²) in [4.78, 5) is 23.7. The van der Waals surface area contributed by atoms with Gasteiger partial charge in [0.15, 0.2) is 0 Å². The van der Waals surface area contributed by atoms with Crippen LogP contribution in [0.2, 0.25) is 0 Å². The van der Waals surface area contributed by atoms with Crippen LogP contribution >= 0.6 is 23.1 Å². The van der Waals surface area contributed by atoms with Crippen molar-refractivity contribution >= 4 is 44.9 Å². The molecule has 2 aromatic heterocycles. The summed E-state index contributed by atoms with van der Waals surface area (Å²) < 4.78 is 0. The van der Waals surface area contributed by atoms with Crippen LogP contribution in [0.25, 0.3) is 10.2 Å². The summed E-state index contributed by atoms with van der Waals surface area (Å²) in [6.45, 7) is 10.4. The second-order valence-corrected chi connectivity index (χ2v) is 8.82. The highest BCUT2D eigenvalue weighted by Gasteiger charge is 2.15. The molecule has 0 unspecified atom stereocenters. The van der Waals surface area contributed by atoms with Gasteiger partial charge in [0.1, 0.15) is 15.7 Å². The van der Waals surface area contributed by atoms with Crippen LogP contribution in [-0.4, -0.2) is 21.6 Å². The van der Waals surface area contributed by atoms with Crippen LogP contribution in [0.3, 0.4) is 0 Å². The fourth-order valence-electron chi connectivity index (χ4n) is 2.70. The number of fused-ring (bicyclic) bond motifs is 1. The molecule has 2 heterocycles. The molecule has 0 saturated carbocycles. The number of aryl methyl sites for hydroxylation is 3. The quantitative estimate of drug-likeness (QED) is 0.467. The predicted molar refractivity (Wildman–Crippen MR) is 112 cm³/mol. The van der Waals surface area contributed by atoms with Crippen molar-refractivity contribution < 1.29 is 4.79 Å². The Balaban J connectivity index is 1.70. The molecule has 0 radical (unpaired) electrons. The fourth-order valence-corrected chi connectivity index (χ4v) is 4.77. The molecule has 0 aliphatic heterocycles. The maximum atomic E-state index is 12.3. The van der Waals surface area contributed by atoms with Crippen LogP contribution in [0.5, 0.6) is 0 Å². The predicted octanol–water partition coefficient (Wildman–Crippen LogP) is 5.47. The normalized spacial score (nSPS) is 11.3. The van der Waals surface area contributed by atoms with Gasteiger partial charge in [-0.25, -0.2) is 9.97 Å². The molecule has 6 heteroatoms. The molecule has 4 nitrogen and oxygen atoms in total. The standard InChI is InChI=1S/C20H23N3OS2/c1-11(2)15-6-8-16(9-7-15)23-17(24)10-25-19-18-12(3)13(4)26-20(18)22-14(5)21-19/h6-9,11H,10H2,1-5H3,(H,23,24). The highest BCUT2D eigenvalue weighted by atomic mass is 32.2. The van der Waals surface area contributed by atoms with E-state index in [1.807, 2.05) is 19.1 Å². The summed E-state index contributed by atoms with van der Waals surface area (Å²) >= 11 is 3.15. The molecule has 136 valence electrons. The smallest absolute Gasteiger partial charge is 0.234 e. The zero-order valence-electron chi connectivity index (χ0n) is 15.7. The molecule has 1 N–H and O–H groups in total. The molecule has 0 atom stereocenters. The van der Waals surface area contributed by atoms with E-state index in [9.17, 15) is 4.79 Å². The SMILES string of the molecule is Cc1nc(SCC(=O)Nc2ccc(C(C)C)cc2)c2c(C)c(C)sc2n1. The average molecular weight is 386 g/mol. The summed E-state index contributed by atoms with van der Waals surface area (Å²) in [6, 6.07) is 8.03. The monoisotopic (exact) mass is 385 g/mol. The first kappa shape index (κ1) is 18.9. The van der Waals surface area contributed by atoms with Crippen molar-refractivity contribution in [3.8, 4) is 0 Å². The topological polar surface area (TPSA) is 54.9 Å². The maximum absolute atomic E-state index is 12.3. The van der Waals surface area contributed by atoms with Gasteiger partial charge in [-0.3, -0.25) is 4.79 Å². The number of benzene rings is 1. The van der Waals surface area contributed by atoms with Crippen LogP contribution in [0.1, 0.15) is 41.6 Å². The Hall–Kier alpha value is -1.92. The minimum Gasteiger partial charge on any atom is -0.325 e. The largest absolute Gasteiger partial charge is 0.325 e. The third-order valence-electron chi connectivity index (χ3n) is 4.31. The molecule has 3 aromatic rings. The Morgan fingerprint density at radius 3 is 2.50 bits per heavy atom. The van der Waals surface area contributed by atoms with E-state index in [1.54, 1.807) is 11.3 Å². The number of nitrogens with one attached hydrogen (secondary N) is 1. The van der Waals surface area contributed by atoms with Crippen LogP contribution in [-0.2, 0) is 4.79 Å². The summed E-state index contributed by atoms with van der Waals surface area (Å²) in [7, 11) is 0. The Morgan fingerprint density at radius 1 is 1.15 bits per heavy atom. The van der Waals surface area contributed by atoms with Gasteiger partial charge in [-0.1, -0.05) is 37.7 Å². The number of thiophene rings is 1. The average Bonchev–Trinajstić information content (AvgIpc) is 2.87. The number of thioether (sulfide) groups is 1. The number of hydrogen-bond acceptors (Lipinski definition) is 5. The van der Waals surface area contributed by atoms with Gasteiger partial charge in [0.25, 0.3) is 0 Å². The molecule has 0 saturated heterocycles. The number of aromatic nitrogens is 2. The number of carbonyl (C=O) groups excluding carboxylic acids is 1. The molecule has 0 bridgehead atoms. The fraction of sp³-hybridized carbons (Fsp3) is 0.350. The van der Waals surface area contributed by atoms with E-state index in [2.05, 4.69) is 55.1 Å². The van der Waals surface area contributed by atoms with Crippen molar-refractivity contribution in [3.63, 3.8) is 0 Å². The minimum absolute atomic E-state index is 0.0266. The van der Waals surface area contributed by atoms with Crippen LogP contribution in [0.4, 0.5) is 5.69 Å². The summed E-state index contributed by atoms with van der Waals surface area (Å²) in [5.74, 6) is 1.52. The first-order chi connectivity index (χ1) is 12.3. The van der Waals surface area contributed by atoms with Crippen molar-refractivity contribution in [1.29, 1.82) is 0 Å². The number of amides is 1. The maximum Gasteiger partial charge on any atom is 0.234 e. The van der Waals surface area contributed by atoms with Crippen molar-refractivity contribution in [2.45, 2.75) is 45.6 Å². The van der Waals surface area contributed by atoms with E-state index in [0.717, 1.165) is 26.8 Å². The molecule has 1 amide bonds. The minimum atomic E-state index is -0.0266. The van der Waals surface area contributed by atoms with Crippen molar-refractivity contribution in [2.24, 2.45) is 0 Å². The van der Waals surface area contributed by atoms with Crippen LogP contribution in [0.15, 0.2) is 29.3 Å². The van der Waals surface area contributed by atoms with E-state index >= 15 is 0 Å². The van der Waals surface area contributed by atoms with E-state index in [4.69, 9.17) is 0 Å². The number of anilines is 1.